The van der Waals surface area contributed by atoms with Gasteiger partial charge in [0.05, 0.1) is 0 Å². The van der Waals surface area contributed by atoms with Crippen LogP contribution in [0.25, 0.3) is 0 Å². The van der Waals surface area contributed by atoms with Crippen molar-refractivity contribution in [1.29, 1.82) is 0 Å². The van der Waals surface area contributed by atoms with Crippen molar-refractivity contribution < 1.29 is 13.6 Å². The highest BCUT2D eigenvalue weighted by molar-refractivity contribution is 5.24. The maximum atomic E-state index is 12.8. The van der Waals surface area contributed by atoms with E-state index in [1.807, 2.05) is 0 Å². The molecule has 0 atom stereocenters. The fourth-order valence-electron chi connectivity index (χ4n) is 0.705. The third-order valence-corrected chi connectivity index (χ3v) is 1.22. The Morgan fingerprint density at radius 1 is 1.42 bits per heavy atom. The lowest BCUT2D eigenvalue weighted by Crippen LogP contribution is -2.18. The quantitative estimate of drug-likeness (QED) is 0.704. The predicted octanol–water partition coefficient (Wildman–Crippen LogP) is 1.87. The highest BCUT2D eigenvalue weighted by Gasteiger charge is 2.03. The first-order valence-electron chi connectivity index (χ1n) is 3.58. The van der Waals surface area contributed by atoms with Crippen LogP contribution < -0.4 is 10.3 Å². The molecule has 0 fully saturated rings. The molecule has 1 aromatic carbocycles. The second kappa shape index (κ2) is 4.01. The molecule has 2 nitrogen and oxygen atoms in total. The molecule has 0 saturated carbocycles. The van der Waals surface area contributed by atoms with Gasteiger partial charge < -0.3 is 4.84 Å². The van der Waals surface area contributed by atoms with Crippen molar-refractivity contribution in [2.24, 2.45) is 0 Å². The van der Waals surface area contributed by atoms with E-state index >= 15 is 0 Å². The molecule has 1 rings (SSSR count). The molecule has 0 unspecified atom stereocenters. The summed E-state index contributed by atoms with van der Waals surface area (Å²) in [5, 5.41) is 0. The number of hydroxylamine groups is 1. The number of rotatable bonds is 3. The third-order valence-electron chi connectivity index (χ3n) is 1.22. The van der Waals surface area contributed by atoms with E-state index < -0.39 is 11.6 Å². The van der Waals surface area contributed by atoms with Crippen molar-refractivity contribution in [2.75, 3.05) is 6.54 Å². The molecule has 0 radical (unpaired) electrons. The molecular weight excluding hydrogens is 164 g/mol. The lowest BCUT2D eigenvalue weighted by molar-refractivity contribution is 0.192. The topological polar surface area (TPSA) is 21.3 Å². The predicted molar refractivity (Wildman–Crippen MR) is 40.7 cm³/mol. The molecule has 0 amide bonds. The molecule has 12 heavy (non-hydrogen) atoms. The summed E-state index contributed by atoms with van der Waals surface area (Å²) in [5.74, 6) is -1.24. The van der Waals surface area contributed by atoms with E-state index in [1.54, 1.807) is 6.92 Å². The monoisotopic (exact) mass is 173 g/mol. The number of nitrogens with one attached hydrogen (secondary N) is 1. The zero-order valence-electron chi connectivity index (χ0n) is 6.60. The molecule has 0 saturated heterocycles. The summed E-state index contributed by atoms with van der Waals surface area (Å²) < 4.78 is 25.3. The van der Waals surface area contributed by atoms with Gasteiger partial charge in [0.2, 0.25) is 0 Å². The van der Waals surface area contributed by atoms with E-state index in [0.717, 1.165) is 18.2 Å². The van der Waals surface area contributed by atoms with Crippen molar-refractivity contribution in [3.8, 4) is 5.75 Å². The van der Waals surface area contributed by atoms with Crippen LogP contribution in [0.2, 0.25) is 0 Å². The Hall–Kier alpha value is -1.16. The first-order chi connectivity index (χ1) is 5.74. The van der Waals surface area contributed by atoms with Gasteiger partial charge >= 0.3 is 0 Å². The van der Waals surface area contributed by atoms with E-state index in [9.17, 15) is 8.78 Å². The number of halogens is 2. The maximum Gasteiger partial charge on any atom is 0.185 e. The lowest BCUT2D eigenvalue weighted by atomic mass is 10.3. The van der Waals surface area contributed by atoms with Crippen LogP contribution in [-0.4, -0.2) is 6.54 Å². The molecule has 0 aromatic heterocycles. The summed E-state index contributed by atoms with van der Waals surface area (Å²) in [6.45, 7) is 2.31. The van der Waals surface area contributed by atoms with Crippen LogP contribution in [0, 0.1) is 11.6 Å². The smallest absolute Gasteiger partial charge is 0.185 e. The number of benzene rings is 1. The van der Waals surface area contributed by atoms with Gasteiger partial charge in [-0.2, -0.15) is 5.48 Å². The zero-order valence-corrected chi connectivity index (χ0v) is 6.60. The minimum Gasteiger partial charge on any atom is -0.406 e. The molecule has 1 N–H and O–H groups in total. The van der Waals surface area contributed by atoms with Gasteiger partial charge in [-0.3, -0.25) is 0 Å². The summed E-state index contributed by atoms with van der Waals surface area (Å²) >= 11 is 0. The van der Waals surface area contributed by atoms with E-state index in [4.69, 9.17) is 4.84 Å². The largest absolute Gasteiger partial charge is 0.406 e. The van der Waals surface area contributed by atoms with Crippen molar-refractivity contribution in [1.82, 2.24) is 5.48 Å². The fraction of sp³-hybridized carbons (Fsp3) is 0.250. The molecule has 4 heteroatoms. The van der Waals surface area contributed by atoms with Gasteiger partial charge in [0.1, 0.15) is 5.82 Å². The standard InChI is InChI=1S/C8H9F2NO/c1-2-11-12-8-5-6(9)3-4-7(8)10/h3-5,11H,2H2,1H3. The minimum atomic E-state index is -0.586. The fourth-order valence-corrected chi connectivity index (χ4v) is 0.705. The Morgan fingerprint density at radius 3 is 2.83 bits per heavy atom. The summed E-state index contributed by atoms with van der Waals surface area (Å²) in [5.41, 5.74) is 2.43. The molecule has 66 valence electrons. The number of hydrogen-bond donors (Lipinski definition) is 1. The van der Waals surface area contributed by atoms with Gasteiger partial charge in [-0.05, 0) is 19.1 Å². The Bertz CT molecular complexity index is 265. The van der Waals surface area contributed by atoms with Crippen molar-refractivity contribution in [3.63, 3.8) is 0 Å². The second-order valence-electron chi connectivity index (χ2n) is 2.17. The Balaban J connectivity index is 2.75. The van der Waals surface area contributed by atoms with E-state index in [-0.39, 0.29) is 5.75 Å². The van der Waals surface area contributed by atoms with Gasteiger partial charge in [0, 0.05) is 12.6 Å². The Morgan fingerprint density at radius 2 is 2.17 bits per heavy atom. The van der Waals surface area contributed by atoms with E-state index in [2.05, 4.69) is 5.48 Å². The van der Waals surface area contributed by atoms with Gasteiger partial charge in [-0.15, -0.1) is 0 Å². The summed E-state index contributed by atoms with van der Waals surface area (Å²) in [6.07, 6.45) is 0. The van der Waals surface area contributed by atoms with Crippen LogP contribution in [0.4, 0.5) is 8.78 Å². The van der Waals surface area contributed by atoms with Crippen LogP contribution in [0.5, 0.6) is 5.75 Å². The van der Waals surface area contributed by atoms with Crippen LogP contribution in [0.3, 0.4) is 0 Å². The first kappa shape index (κ1) is 8.93. The van der Waals surface area contributed by atoms with E-state index in [1.165, 1.54) is 0 Å². The number of hydrogen-bond acceptors (Lipinski definition) is 2. The lowest BCUT2D eigenvalue weighted by Gasteiger charge is -2.04. The minimum absolute atomic E-state index is 0.128. The molecular formula is C8H9F2NO. The van der Waals surface area contributed by atoms with Gasteiger partial charge in [0.15, 0.2) is 11.6 Å². The third kappa shape index (κ3) is 2.17. The van der Waals surface area contributed by atoms with Crippen molar-refractivity contribution in [3.05, 3.63) is 29.8 Å². The molecule has 0 aliphatic carbocycles. The van der Waals surface area contributed by atoms with Crippen LogP contribution in [-0.2, 0) is 0 Å². The van der Waals surface area contributed by atoms with Crippen LogP contribution >= 0.6 is 0 Å². The summed E-state index contributed by atoms with van der Waals surface area (Å²) in [7, 11) is 0. The normalized spacial score (nSPS) is 9.92. The van der Waals surface area contributed by atoms with Crippen molar-refractivity contribution >= 4 is 0 Å². The molecule has 0 heterocycles. The first-order valence-corrected chi connectivity index (χ1v) is 3.58. The zero-order chi connectivity index (χ0) is 8.97. The molecule has 0 bridgehead atoms. The molecule has 0 aliphatic rings. The molecule has 0 spiro atoms. The average molecular weight is 173 g/mol. The molecule has 0 aliphatic heterocycles. The SMILES string of the molecule is CCNOc1cc(F)ccc1F. The highest BCUT2D eigenvalue weighted by atomic mass is 19.1. The van der Waals surface area contributed by atoms with Gasteiger partial charge in [-0.25, -0.2) is 8.78 Å². The van der Waals surface area contributed by atoms with Gasteiger partial charge in [0.25, 0.3) is 0 Å². The Labute approximate surface area is 69.1 Å². The van der Waals surface area contributed by atoms with Crippen LogP contribution in [0.1, 0.15) is 6.92 Å². The van der Waals surface area contributed by atoms with E-state index in [0.29, 0.717) is 6.54 Å². The summed E-state index contributed by atoms with van der Waals surface area (Å²) in [4.78, 5) is 4.70. The second-order valence-corrected chi connectivity index (χ2v) is 2.17. The van der Waals surface area contributed by atoms with Crippen LogP contribution in [0.15, 0.2) is 18.2 Å². The van der Waals surface area contributed by atoms with Crippen molar-refractivity contribution in [2.45, 2.75) is 6.92 Å². The Kier molecular flexibility index (Phi) is 2.99. The van der Waals surface area contributed by atoms with Gasteiger partial charge in [-0.1, -0.05) is 0 Å². The highest BCUT2D eigenvalue weighted by Crippen LogP contribution is 2.16. The molecule has 1 aromatic rings. The maximum absolute atomic E-state index is 12.8. The average Bonchev–Trinajstić information content (AvgIpc) is 2.07. The summed E-state index contributed by atoms with van der Waals surface area (Å²) in [6, 6.07) is 3.04.